The van der Waals surface area contributed by atoms with Gasteiger partial charge in [-0.15, -0.1) is 0 Å². The first-order valence-corrected chi connectivity index (χ1v) is 9.69. The van der Waals surface area contributed by atoms with Crippen LogP contribution >= 0.6 is 0 Å². The molecule has 5 amide bonds. The quantitative estimate of drug-likeness (QED) is 0.722. The van der Waals surface area contributed by atoms with E-state index in [0.29, 0.717) is 38.9 Å². The van der Waals surface area contributed by atoms with Gasteiger partial charge in [-0.2, -0.15) is 0 Å². The fraction of sp³-hybridized carbons (Fsp3) is 0.778. The average Bonchev–Trinajstić information content (AvgIpc) is 3.26. The molecule has 0 radical (unpaired) electrons. The van der Waals surface area contributed by atoms with Crippen molar-refractivity contribution in [3.05, 3.63) is 0 Å². The molecule has 0 saturated carbocycles. The number of imide groups is 1. The normalized spacial score (nSPS) is 24.3. The van der Waals surface area contributed by atoms with E-state index in [1.807, 2.05) is 11.8 Å². The van der Waals surface area contributed by atoms with Crippen LogP contribution < -0.4 is 5.32 Å². The van der Waals surface area contributed by atoms with Crippen LogP contribution in [0.2, 0.25) is 0 Å². The van der Waals surface area contributed by atoms with Crippen LogP contribution in [0.3, 0.4) is 0 Å². The van der Waals surface area contributed by atoms with Gasteiger partial charge in [-0.05, 0) is 32.1 Å². The summed E-state index contributed by atoms with van der Waals surface area (Å²) < 4.78 is 0. The molecule has 0 aliphatic carbocycles. The van der Waals surface area contributed by atoms with Gasteiger partial charge in [0.2, 0.25) is 11.8 Å². The van der Waals surface area contributed by atoms with Crippen LogP contribution in [0, 0.1) is 5.92 Å². The second kappa shape index (κ2) is 8.05. The Labute approximate surface area is 153 Å². The monoisotopic (exact) mass is 364 g/mol. The molecule has 0 spiro atoms. The molecule has 3 aliphatic heterocycles. The van der Waals surface area contributed by atoms with E-state index in [9.17, 15) is 19.2 Å². The fourth-order valence-electron chi connectivity index (χ4n) is 4.03. The largest absolute Gasteiger partial charge is 0.343 e. The van der Waals surface area contributed by atoms with Crippen LogP contribution in [0.15, 0.2) is 0 Å². The number of rotatable bonds is 5. The molecule has 1 atom stereocenters. The fourth-order valence-corrected chi connectivity index (χ4v) is 4.03. The Morgan fingerprint density at radius 2 is 1.69 bits per heavy atom. The minimum Gasteiger partial charge on any atom is -0.343 e. The van der Waals surface area contributed by atoms with Gasteiger partial charge < -0.3 is 15.1 Å². The van der Waals surface area contributed by atoms with Gasteiger partial charge in [0.1, 0.15) is 6.04 Å². The van der Waals surface area contributed by atoms with Crippen molar-refractivity contribution in [2.75, 3.05) is 32.7 Å². The van der Waals surface area contributed by atoms with Crippen molar-refractivity contribution in [1.29, 1.82) is 0 Å². The number of nitrogens with zero attached hydrogens (tertiary/aromatic N) is 3. The Morgan fingerprint density at radius 3 is 2.31 bits per heavy atom. The maximum absolute atomic E-state index is 12.5. The maximum Gasteiger partial charge on any atom is 0.324 e. The standard InChI is InChI=1S/C18H28N4O4/c1-2-7-22-17(25)14(19-18(22)26)12-15(23)20-10-5-13(6-11-20)16(24)21-8-3-4-9-21/h13-14H,2-12H2,1H3,(H,19,26)/t14-/m0/s1. The van der Waals surface area contributed by atoms with E-state index in [4.69, 9.17) is 0 Å². The predicted molar refractivity (Wildman–Crippen MR) is 94.1 cm³/mol. The van der Waals surface area contributed by atoms with Gasteiger partial charge in [0.05, 0.1) is 6.42 Å². The van der Waals surface area contributed by atoms with Crippen molar-refractivity contribution in [1.82, 2.24) is 20.0 Å². The van der Waals surface area contributed by atoms with Gasteiger partial charge in [0, 0.05) is 38.6 Å². The molecule has 8 heteroatoms. The number of likely N-dealkylation sites (tertiary alicyclic amines) is 2. The van der Waals surface area contributed by atoms with E-state index < -0.39 is 12.1 Å². The summed E-state index contributed by atoms with van der Waals surface area (Å²) in [6, 6.07) is -1.17. The number of nitrogens with one attached hydrogen (secondary N) is 1. The Bertz CT molecular complexity index is 580. The summed E-state index contributed by atoms with van der Waals surface area (Å²) >= 11 is 0. The summed E-state index contributed by atoms with van der Waals surface area (Å²) in [5.74, 6) is -0.216. The molecule has 3 aliphatic rings. The molecule has 0 bridgehead atoms. The van der Waals surface area contributed by atoms with Crippen molar-refractivity contribution in [2.24, 2.45) is 5.92 Å². The molecule has 0 aromatic rings. The minimum atomic E-state index is -0.759. The second-order valence-corrected chi connectivity index (χ2v) is 7.38. The minimum absolute atomic E-state index is 0.00444. The van der Waals surface area contributed by atoms with Crippen LogP contribution in [-0.2, 0) is 14.4 Å². The lowest BCUT2D eigenvalue weighted by atomic mass is 9.95. The first-order chi connectivity index (χ1) is 12.5. The number of carbonyl (C=O) groups excluding carboxylic acids is 4. The molecule has 3 fully saturated rings. The Kier molecular flexibility index (Phi) is 5.78. The lowest BCUT2D eigenvalue weighted by Crippen LogP contribution is -2.45. The van der Waals surface area contributed by atoms with Crippen LogP contribution in [0.4, 0.5) is 4.79 Å². The molecular formula is C18H28N4O4. The summed E-state index contributed by atoms with van der Waals surface area (Å²) in [7, 11) is 0. The number of urea groups is 1. The van der Waals surface area contributed by atoms with Crippen LogP contribution in [0.25, 0.3) is 0 Å². The van der Waals surface area contributed by atoms with E-state index in [2.05, 4.69) is 5.32 Å². The topological polar surface area (TPSA) is 90.0 Å². The Hall–Kier alpha value is -2.12. The highest BCUT2D eigenvalue weighted by atomic mass is 16.2. The van der Waals surface area contributed by atoms with Gasteiger partial charge >= 0.3 is 6.03 Å². The lowest BCUT2D eigenvalue weighted by molar-refractivity contribution is -0.141. The van der Waals surface area contributed by atoms with Gasteiger partial charge in [-0.25, -0.2) is 4.79 Å². The molecule has 3 rings (SSSR count). The van der Waals surface area contributed by atoms with Crippen molar-refractivity contribution in [3.8, 4) is 0 Å². The SMILES string of the molecule is CCCN1C(=O)N[C@@H](CC(=O)N2CCC(C(=O)N3CCCC3)CC2)C1=O. The Morgan fingerprint density at radius 1 is 1.04 bits per heavy atom. The molecule has 0 unspecified atom stereocenters. The third-order valence-corrected chi connectivity index (χ3v) is 5.55. The van der Waals surface area contributed by atoms with Gasteiger partial charge in [-0.1, -0.05) is 6.92 Å². The summed E-state index contributed by atoms with van der Waals surface area (Å²) in [6.45, 7) is 5.06. The van der Waals surface area contributed by atoms with Gasteiger partial charge in [0.15, 0.2) is 0 Å². The van der Waals surface area contributed by atoms with E-state index in [1.165, 1.54) is 4.90 Å². The second-order valence-electron chi connectivity index (χ2n) is 7.38. The zero-order valence-electron chi connectivity index (χ0n) is 15.4. The molecule has 8 nitrogen and oxygen atoms in total. The summed E-state index contributed by atoms with van der Waals surface area (Å²) in [6.07, 6.45) is 4.20. The molecule has 3 saturated heterocycles. The van der Waals surface area contributed by atoms with E-state index in [1.54, 1.807) is 4.90 Å². The number of amides is 5. The van der Waals surface area contributed by atoms with Crippen LogP contribution in [-0.4, -0.2) is 77.2 Å². The molecule has 26 heavy (non-hydrogen) atoms. The molecule has 0 aromatic heterocycles. The Balaban J connectivity index is 1.47. The lowest BCUT2D eigenvalue weighted by Gasteiger charge is -2.33. The highest BCUT2D eigenvalue weighted by molar-refractivity contribution is 6.05. The maximum atomic E-state index is 12.5. The van der Waals surface area contributed by atoms with Gasteiger partial charge in [0.25, 0.3) is 5.91 Å². The van der Waals surface area contributed by atoms with E-state index >= 15 is 0 Å². The summed E-state index contributed by atoms with van der Waals surface area (Å²) in [5.41, 5.74) is 0. The van der Waals surface area contributed by atoms with Crippen molar-refractivity contribution < 1.29 is 19.2 Å². The smallest absolute Gasteiger partial charge is 0.324 e. The third-order valence-electron chi connectivity index (χ3n) is 5.55. The molecule has 3 heterocycles. The number of carbonyl (C=O) groups is 4. The number of piperidine rings is 1. The highest BCUT2D eigenvalue weighted by Gasteiger charge is 2.40. The summed E-state index contributed by atoms with van der Waals surface area (Å²) in [4.78, 5) is 53.9. The van der Waals surface area contributed by atoms with Crippen LogP contribution in [0.5, 0.6) is 0 Å². The van der Waals surface area contributed by atoms with Crippen molar-refractivity contribution >= 4 is 23.8 Å². The summed E-state index contributed by atoms with van der Waals surface area (Å²) in [5, 5.41) is 2.60. The van der Waals surface area contributed by atoms with Gasteiger partial charge in [-0.3, -0.25) is 19.3 Å². The zero-order valence-corrected chi connectivity index (χ0v) is 15.4. The molecule has 144 valence electrons. The third kappa shape index (κ3) is 3.83. The zero-order chi connectivity index (χ0) is 18.7. The molecular weight excluding hydrogens is 336 g/mol. The number of hydrogen-bond acceptors (Lipinski definition) is 4. The average molecular weight is 364 g/mol. The van der Waals surface area contributed by atoms with Crippen LogP contribution in [0.1, 0.15) is 45.4 Å². The molecule has 1 N–H and O–H groups in total. The highest BCUT2D eigenvalue weighted by Crippen LogP contribution is 2.23. The number of hydrogen-bond donors (Lipinski definition) is 1. The molecule has 0 aromatic carbocycles. The first-order valence-electron chi connectivity index (χ1n) is 9.69. The van der Waals surface area contributed by atoms with E-state index in [-0.39, 0.29) is 30.1 Å². The van der Waals surface area contributed by atoms with E-state index in [0.717, 1.165) is 25.9 Å². The first kappa shape index (κ1) is 18.7. The van der Waals surface area contributed by atoms with Crippen molar-refractivity contribution in [3.63, 3.8) is 0 Å². The van der Waals surface area contributed by atoms with Crippen molar-refractivity contribution in [2.45, 2.75) is 51.5 Å². The predicted octanol–water partition coefficient (Wildman–Crippen LogP) is 0.568.